The number of hydrogen-bond acceptors (Lipinski definition) is 3. The lowest BCUT2D eigenvalue weighted by molar-refractivity contribution is 0.0690. The molecule has 0 N–H and O–H groups in total. The van der Waals surface area contributed by atoms with Crippen molar-refractivity contribution in [3.05, 3.63) is 24.0 Å². The summed E-state index contributed by atoms with van der Waals surface area (Å²) in [5.74, 6) is 0.550. The van der Waals surface area contributed by atoms with Gasteiger partial charge in [0.1, 0.15) is 0 Å². The maximum atomic E-state index is 12.1. The van der Waals surface area contributed by atoms with Gasteiger partial charge in [-0.2, -0.15) is 10.2 Å². The Balaban J connectivity index is 2.06. The van der Waals surface area contributed by atoms with Crippen LogP contribution >= 0.6 is 15.9 Å². The van der Waals surface area contributed by atoms with Crippen molar-refractivity contribution in [1.82, 2.24) is 15.1 Å². The first-order chi connectivity index (χ1) is 7.68. The second-order valence-corrected chi connectivity index (χ2v) is 5.34. The molecule has 1 aliphatic heterocycles. The van der Waals surface area contributed by atoms with E-state index in [0.717, 1.165) is 19.5 Å². The number of aromatic nitrogens is 2. The molecule has 0 aromatic carbocycles. The lowest BCUT2D eigenvalue weighted by Gasteiger charge is -2.34. The molecule has 86 valence electrons. The highest BCUT2D eigenvalue weighted by atomic mass is 79.9. The normalized spacial score (nSPS) is 25.5. The number of alkyl halides is 1. The molecule has 0 saturated carbocycles. The molecule has 4 nitrogen and oxygen atoms in total. The number of likely N-dealkylation sites (tertiary alicyclic amines) is 1. The number of amides is 1. The number of hydrogen-bond donors (Lipinski definition) is 0. The zero-order valence-corrected chi connectivity index (χ0v) is 10.7. The quantitative estimate of drug-likeness (QED) is 0.738. The third-order valence-corrected chi connectivity index (χ3v) is 4.28. The van der Waals surface area contributed by atoms with E-state index >= 15 is 0 Å². The largest absolute Gasteiger partial charge is 0.338 e. The lowest BCUT2D eigenvalue weighted by atomic mass is 9.99. The summed E-state index contributed by atoms with van der Waals surface area (Å²) >= 11 is 3.63. The van der Waals surface area contributed by atoms with Gasteiger partial charge in [0.25, 0.3) is 5.91 Å². The van der Waals surface area contributed by atoms with Gasteiger partial charge >= 0.3 is 0 Å². The summed E-state index contributed by atoms with van der Waals surface area (Å²) in [5, 5.41) is 7.40. The van der Waals surface area contributed by atoms with Crippen molar-refractivity contribution in [2.24, 2.45) is 5.92 Å². The van der Waals surface area contributed by atoms with Crippen molar-refractivity contribution in [2.75, 3.05) is 13.1 Å². The zero-order valence-electron chi connectivity index (χ0n) is 9.14. The summed E-state index contributed by atoms with van der Waals surface area (Å²) in [5.41, 5.74) is 0.621. The molecule has 5 heteroatoms. The number of halogens is 1. The average molecular weight is 284 g/mol. The van der Waals surface area contributed by atoms with Crippen molar-refractivity contribution < 1.29 is 4.79 Å². The molecule has 16 heavy (non-hydrogen) atoms. The molecule has 1 aromatic rings. The standard InChI is InChI=1S/C11H14BrN3O/c1-8-7-15(5-3-10(8)12)11(16)9-2-4-13-14-6-9/h2,4,6,8,10H,3,5,7H2,1H3. The number of piperidine rings is 1. The Hall–Kier alpha value is -0.970. The molecular weight excluding hydrogens is 270 g/mol. The van der Waals surface area contributed by atoms with E-state index in [9.17, 15) is 4.79 Å². The molecule has 2 heterocycles. The van der Waals surface area contributed by atoms with Crippen molar-refractivity contribution in [2.45, 2.75) is 18.2 Å². The van der Waals surface area contributed by atoms with Crippen LogP contribution in [0.3, 0.4) is 0 Å². The van der Waals surface area contributed by atoms with E-state index in [1.165, 1.54) is 6.20 Å². The maximum absolute atomic E-state index is 12.1. The van der Waals surface area contributed by atoms with Gasteiger partial charge < -0.3 is 4.90 Å². The van der Waals surface area contributed by atoms with Crippen LogP contribution in [-0.4, -0.2) is 38.9 Å². The van der Waals surface area contributed by atoms with Gasteiger partial charge in [0.2, 0.25) is 0 Å². The Morgan fingerprint density at radius 1 is 1.56 bits per heavy atom. The van der Waals surface area contributed by atoms with Crippen LogP contribution in [0.2, 0.25) is 0 Å². The van der Waals surface area contributed by atoms with Gasteiger partial charge in [0, 0.05) is 17.9 Å². The Labute approximate surface area is 103 Å². The fourth-order valence-corrected chi connectivity index (χ4v) is 2.27. The Morgan fingerprint density at radius 2 is 2.38 bits per heavy atom. The topological polar surface area (TPSA) is 46.1 Å². The van der Waals surface area contributed by atoms with Crippen molar-refractivity contribution >= 4 is 21.8 Å². The molecule has 2 unspecified atom stereocenters. The second-order valence-electron chi connectivity index (χ2n) is 4.16. The van der Waals surface area contributed by atoms with E-state index in [1.54, 1.807) is 12.3 Å². The van der Waals surface area contributed by atoms with Crippen LogP contribution < -0.4 is 0 Å². The van der Waals surface area contributed by atoms with E-state index < -0.39 is 0 Å². The third-order valence-electron chi connectivity index (χ3n) is 2.92. The summed E-state index contributed by atoms with van der Waals surface area (Å²) in [7, 11) is 0. The van der Waals surface area contributed by atoms with E-state index in [1.807, 2.05) is 4.90 Å². The molecule has 1 fully saturated rings. The minimum absolute atomic E-state index is 0.0566. The van der Waals surface area contributed by atoms with Crippen molar-refractivity contribution in [3.8, 4) is 0 Å². The van der Waals surface area contributed by atoms with Gasteiger partial charge in [0.15, 0.2) is 0 Å². The fraction of sp³-hybridized carbons (Fsp3) is 0.545. The van der Waals surface area contributed by atoms with Gasteiger partial charge in [-0.3, -0.25) is 4.79 Å². The summed E-state index contributed by atoms with van der Waals surface area (Å²) in [6, 6.07) is 1.71. The van der Waals surface area contributed by atoms with Gasteiger partial charge in [-0.05, 0) is 18.4 Å². The van der Waals surface area contributed by atoms with Crippen LogP contribution in [0.4, 0.5) is 0 Å². The number of rotatable bonds is 1. The molecule has 0 spiro atoms. The summed E-state index contributed by atoms with van der Waals surface area (Å²) < 4.78 is 0. The minimum atomic E-state index is 0.0566. The monoisotopic (exact) mass is 283 g/mol. The highest BCUT2D eigenvalue weighted by Gasteiger charge is 2.27. The van der Waals surface area contributed by atoms with Crippen LogP contribution in [-0.2, 0) is 0 Å². The highest BCUT2D eigenvalue weighted by Crippen LogP contribution is 2.24. The first kappa shape index (κ1) is 11.5. The summed E-state index contributed by atoms with van der Waals surface area (Å²) in [4.78, 5) is 14.5. The van der Waals surface area contributed by atoms with Crippen LogP contribution in [0, 0.1) is 5.92 Å². The molecular formula is C11H14BrN3O. The second kappa shape index (κ2) is 4.91. The third kappa shape index (κ3) is 2.40. The van der Waals surface area contributed by atoms with Crippen LogP contribution in [0.5, 0.6) is 0 Å². The predicted molar refractivity (Wildman–Crippen MR) is 64.4 cm³/mol. The van der Waals surface area contributed by atoms with E-state index in [-0.39, 0.29) is 5.91 Å². The van der Waals surface area contributed by atoms with Crippen molar-refractivity contribution in [3.63, 3.8) is 0 Å². The summed E-state index contributed by atoms with van der Waals surface area (Å²) in [6.45, 7) is 3.77. The molecule has 0 aliphatic carbocycles. The minimum Gasteiger partial charge on any atom is -0.338 e. The van der Waals surface area contributed by atoms with Crippen LogP contribution in [0.1, 0.15) is 23.7 Å². The molecule has 2 rings (SSSR count). The smallest absolute Gasteiger partial charge is 0.255 e. The average Bonchev–Trinajstić information content (AvgIpc) is 2.33. The lowest BCUT2D eigenvalue weighted by Crippen LogP contribution is -2.43. The summed E-state index contributed by atoms with van der Waals surface area (Å²) in [6.07, 6.45) is 4.08. The molecule has 1 saturated heterocycles. The number of nitrogens with zero attached hydrogens (tertiary/aromatic N) is 3. The van der Waals surface area contributed by atoms with Gasteiger partial charge in [-0.15, -0.1) is 0 Å². The first-order valence-electron chi connectivity index (χ1n) is 5.38. The maximum Gasteiger partial charge on any atom is 0.255 e. The van der Waals surface area contributed by atoms with Gasteiger partial charge in [0.05, 0.1) is 18.0 Å². The molecule has 0 bridgehead atoms. The van der Waals surface area contributed by atoms with Gasteiger partial charge in [-0.25, -0.2) is 0 Å². The van der Waals surface area contributed by atoms with E-state index in [0.29, 0.717) is 16.3 Å². The fourth-order valence-electron chi connectivity index (χ4n) is 1.90. The Bertz CT molecular complexity index is 371. The molecule has 1 amide bonds. The molecule has 0 radical (unpaired) electrons. The van der Waals surface area contributed by atoms with Crippen molar-refractivity contribution in [1.29, 1.82) is 0 Å². The van der Waals surface area contributed by atoms with Gasteiger partial charge in [-0.1, -0.05) is 22.9 Å². The highest BCUT2D eigenvalue weighted by molar-refractivity contribution is 9.09. The number of carbonyl (C=O) groups is 1. The molecule has 1 aromatic heterocycles. The molecule has 1 aliphatic rings. The van der Waals surface area contributed by atoms with Crippen LogP contribution in [0.25, 0.3) is 0 Å². The Kier molecular flexibility index (Phi) is 3.53. The van der Waals surface area contributed by atoms with E-state index in [4.69, 9.17) is 0 Å². The number of carbonyl (C=O) groups excluding carboxylic acids is 1. The van der Waals surface area contributed by atoms with Crippen LogP contribution in [0.15, 0.2) is 18.5 Å². The SMILES string of the molecule is CC1CN(C(=O)c2ccnnc2)CCC1Br. The van der Waals surface area contributed by atoms with E-state index in [2.05, 4.69) is 33.1 Å². The predicted octanol–water partition coefficient (Wildman–Crippen LogP) is 1.72. The first-order valence-corrected chi connectivity index (χ1v) is 6.30. The molecule has 2 atom stereocenters. The Morgan fingerprint density at radius 3 is 3.00 bits per heavy atom. The zero-order chi connectivity index (χ0) is 11.5.